The van der Waals surface area contributed by atoms with E-state index in [0.717, 1.165) is 10.0 Å². The molecule has 0 saturated carbocycles. The molecule has 0 bridgehead atoms. The highest BCUT2D eigenvalue weighted by molar-refractivity contribution is 9.10. The van der Waals surface area contributed by atoms with E-state index in [1.54, 1.807) is 36.1 Å². The molecule has 0 unspecified atom stereocenters. The Kier molecular flexibility index (Phi) is 5.22. The first-order valence-electron chi connectivity index (χ1n) is 8.76. The Labute approximate surface area is 174 Å². The van der Waals surface area contributed by atoms with E-state index >= 15 is 0 Å². The second-order valence-electron chi connectivity index (χ2n) is 6.35. The number of nitrogens with one attached hydrogen (secondary N) is 1. The van der Waals surface area contributed by atoms with Crippen molar-refractivity contribution in [2.75, 3.05) is 5.32 Å². The maximum Gasteiger partial charge on any atom is 0.261 e. The number of halogens is 2. The Balaban J connectivity index is 1.48. The summed E-state index contributed by atoms with van der Waals surface area (Å²) in [6.07, 6.45) is 2.95. The molecule has 0 fully saturated rings. The lowest BCUT2D eigenvalue weighted by Crippen LogP contribution is -2.14. The summed E-state index contributed by atoms with van der Waals surface area (Å²) in [5.41, 5.74) is 2.17. The second kappa shape index (κ2) is 7.96. The molecule has 9 heteroatoms. The van der Waals surface area contributed by atoms with Gasteiger partial charge in [0.2, 0.25) is 5.95 Å². The van der Waals surface area contributed by atoms with Crippen molar-refractivity contribution in [3.05, 3.63) is 88.2 Å². The highest BCUT2D eigenvalue weighted by atomic mass is 79.9. The van der Waals surface area contributed by atoms with Crippen molar-refractivity contribution in [2.45, 2.75) is 13.5 Å². The van der Waals surface area contributed by atoms with E-state index in [4.69, 9.17) is 0 Å². The normalized spacial score (nSPS) is 10.9. The number of benzene rings is 2. The molecule has 29 heavy (non-hydrogen) atoms. The molecule has 0 aliphatic heterocycles. The van der Waals surface area contributed by atoms with Crippen LogP contribution in [0.2, 0.25) is 0 Å². The van der Waals surface area contributed by atoms with Crippen molar-refractivity contribution >= 4 is 27.8 Å². The molecule has 2 aromatic heterocycles. The van der Waals surface area contributed by atoms with E-state index in [9.17, 15) is 9.18 Å². The van der Waals surface area contributed by atoms with E-state index in [-0.39, 0.29) is 11.6 Å². The zero-order chi connectivity index (χ0) is 20.4. The third-order valence-corrected chi connectivity index (χ3v) is 4.88. The highest BCUT2D eigenvalue weighted by Gasteiger charge is 2.18. The number of anilines is 1. The molecule has 4 rings (SSSR count). The van der Waals surface area contributed by atoms with Crippen LogP contribution in [0.4, 0.5) is 10.3 Å². The van der Waals surface area contributed by atoms with Crippen LogP contribution in [0.25, 0.3) is 5.69 Å². The molecule has 0 aliphatic rings. The quantitative estimate of drug-likeness (QED) is 0.494. The third-order valence-electron chi connectivity index (χ3n) is 4.35. The van der Waals surface area contributed by atoms with Crippen molar-refractivity contribution in [1.82, 2.24) is 24.5 Å². The zero-order valence-electron chi connectivity index (χ0n) is 15.4. The Morgan fingerprint density at radius 3 is 2.69 bits per heavy atom. The Hall–Kier alpha value is -3.33. The van der Waals surface area contributed by atoms with Gasteiger partial charge in [-0.15, -0.1) is 5.10 Å². The molecular formula is C20H16BrFN6O. The summed E-state index contributed by atoms with van der Waals surface area (Å²) < 4.78 is 18.1. The standard InChI is InChI=1S/C20H16BrFN6O/c1-13-16(10-24-28(13)18-5-3-2-4-17(18)22)19(29)25-20-23-12-27(26-20)11-14-6-8-15(21)9-7-14/h2-10,12H,11H2,1H3,(H,25,26,29). The van der Waals surface area contributed by atoms with Crippen LogP contribution < -0.4 is 5.32 Å². The van der Waals surface area contributed by atoms with Crippen LogP contribution in [-0.4, -0.2) is 30.5 Å². The lowest BCUT2D eigenvalue weighted by molar-refractivity contribution is 0.102. The number of para-hydroxylation sites is 1. The largest absolute Gasteiger partial charge is 0.289 e. The lowest BCUT2D eigenvalue weighted by atomic mass is 10.2. The van der Waals surface area contributed by atoms with Crippen LogP contribution in [0.1, 0.15) is 21.6 Å². The van der Waals surface area contributed by atoms with Crippen molar-refractivity contribution in [3.63, 3.8) is 0 Å². The van der Waals surface area contributed by atoms with Crippen LogP contribution in [0.3, 0.4) is 0 Å². The number of aromatic nitrogens is 5. The number of hydrogen-bond acceptors (Lipinski definition) is 4. The molecular weight excluding hydrogens is 439 g/mol. The molecule has 7 nitrogen and oxygen atoms in total. The molecule has 0 aliphatic carbocycles. The second-order valence-corrected chi connectivity index (χ2v) is 7.27. The van der Waals surface area contributed by atoms with Crippen molar-refractivity contribution in [2.24, 2.45) is 0 Å². The van der Waals surface area contributed by atoms with Crippen LogP contribution in [0.5, 0.6) is 0 Å². The predicted octanol–water partition coefficient (Wildman–Crippen LogP) is 3.97. The molecule has 2 aromatic carbocycles. The van der Waals surface area contributed by atoms with Gasteiger partial charge in [-0.2, -0.15) is 5.10 Å². The minimum Gasteiger partial charge on any atom is -0.289 e. The molecule has 1 amide bonds. The van der Waals surface area contributed by atoms with Crippen LogP contribution in [0.15, 0.2) is 65.5 Å². The minimum atomic E-state index is -0.418. The molecule has 1 N–H and O–H groups in total. The first kappa shape index (κ1) is 19.0. The third kappa shape index (κ3) is 4.09. The number of amides is 1. The smallest absolute Gasteiger partial charge is 0.261 e. The van der Waals surface area contributed by atoms with Gasteiger partial charge in [-0.05, 0) is 36.8 Å². The summed E-state index contributed by atoms with van der Waals surface area (Å²) in [7, 11) is 0. The van der Waals surface area contributed by atoms with Crippen LogP contribution >= 0.6 is 15.9 Å². The fourth-order valence-electron chi connectivity index (χ4n) is 2.87. The Morgan fingerprint density at radius 2 is 1.93 bits per heavy atom. The van der Waals surface area contributed by atoms with Gasteiger partial charge in [0.15, 0.2) is 0 Å². The first-order chi connectivity index (χ1) is 14.0. The number of carbonyl (C=O) groups excluding carboxylic acids is 1. The molecule has 0 atom stereocenters. The molecule has 0 radical (unpaired) electrons. The van der Waals surface area contributed by atoms with Gasteiger partial charge in [-0.1, -0.05) is 40.2 Å². The first-order valence-corrected chi connectivity index (χ1v) is 9.55. The summed E-state index contributed by atoms with van der Waals surface area (Å²) in [5, 5.41) is 11.1. The average Bonchev–Trinajstić information content (AvgIpc) is 3.30. The van der Waals surface area contributed by atoms with Crippen molar-refractivity contribution < 1.29 is 9.18 Å². The van der Waals surface area contributed by atoms with Gasteiger partial charge in [0.25, 0.3) is 5.91 Å². The summed E-state index contributed by atoms with van der Waals surface area (Å²) >= 11 is 3.40. The minimum absolute atomic E-state index is 0.185. The average molecular weight is 455 g/mol. The molecule has 146 valence electrons. The summed E-state index contributed by atoms with van der Waals surface area (Å²) in [6, 6.07) is 14.1. The van der Waals surface area contributed by atoms with Gasteiger partial charge in [0.05, 0.1) is 24.0 Å². The van der Waals surface area contributed by atoms with Gasteiger partial charge in [0.1, 0.15) is 17.8 Å². The molecule has 0 spiro atoms. The Bertz CT molecular complexity index is 1170. The molecule has 2 heterocycles. The van der Waals surface area contributed by atoms with Gasteiger partial charge in [-0.25, -0.2) is 18.7 Å². The monoisotopic (exact) mass is 454 g/mol. The van der Waals surface area contributed by atoms with Gasteiger partial charge in [-0.3, -0.25) is 10.1 Å². The van der Waals surface area contributed by atoms with Crippen molar-refractivity contribution in [3.8, 4) is 5.69 Å². The topological polar surface area (TPSA) is 77.6 Å². The van der Waals surface area contributed by atoms with Gasteiger partial charge < -0.3 is 0 Å². The molecule has 0 saturated heterocycles. The Morgan fingerprint density at radius 1 is 1.17 bits per heavy atom. The lowest BCUT2D eigenvalue weighted by Gasteiger charge is -2.06. The van der Waals surface area contributed by atoms with Crippen LogP contribution in [0, 0.1) is 12.7 Å². The summed E-state index contributed by atoms with van der Waals surface area (Å²) in [6.45, 7) is 2.23. The number of nitrogens with zero attached hydrogens (tertiary/aromatic N) is 5. The maximum atomic E-state index is 14.0. The molecule has 4 aromatic rings. The summed E-state index contributed by atoms with van der Waals surface area (Å²) in [5.74, 6) is -0.643. The van der Waals surface area contributed by atoms with Gasteiger partial charge in [0, 0.05) is 4.47 Å². The van der Waals surface area contributed by atoms with E-state index in [2.05, 4.69) is 36.4 Å². The SMILES string of the molecule is Cc1c(C(=O)Nc2ncn(Cc3ccc(Br)cc3)n2)cnn1-c1ccccc1F. The van der Waals surface area contributed by atoms with Crippen molar-refractivity contribution in [1.29, 1.82) is 0 Å². The number of rotatable bonds is 5. The summed E-state index contributed by atoms with van der Waals surface area (Å²) in [4.78, 5) is 16.7. The van der Waals surface area contributed by atoms with E-state index < -0.39 is 11.7 Å². The fourth-order valence-corrected chi connectivity index (χ4v) is 3.14. The van der Waals surface area contributed by atoms with E-state index in [1.165, 1.54) is 16.9 Å². The predicted molar refractivity (Wildman–Crippen MR) is 109 cm³/mol. The van der Waals surface area contributed by atoms with Crippen LogP contribution in [-0.2, 0) is 6.54 Å². The van der Waals surface area contributed by atoms with E-state index in [1.807, 2.05) is 24.3 Å². The maximum absolute atomic E-state index is 14.0. The fraction of sp³-hybridized carbons (Fsp3) is 0.100. The highest BCUT2D eigenvalue weighted by Crippen LogP contribution is 2.18. The number of hydrogen-bond donors (Lipinski definition) is 1. The van der Waals surface area contributed by atoms with E-state index in [0.29, 0.717) is 17.8 Å². The zero-order valence-corrected chi connectivity index (χ0v) is 17.0. The van der Waals surface area contributed by atoms with Gasteiger partial charge >= 0.3 is 0 Å². The number of carbonyl (C=O) groups is 1.